The Morgan fingerprint density at radius 1 is 1.19 bits per heavy atom. The van der Waals surface area contributed by atoms with Crippen molar-refractivity contribution in [1.82, 2.24) is 0 Å². The van der Waals surface area contributed by atoms with Crippen LogP contribution in [0.4, 0.5) is 5.69 Å². The topological polar surface area (TPSA) is 55.6 Å². The lowest BCUT2D eigenvalue weighted by atomic mass is 10.0. The van der Waals surface area contributed by atoms with Gasteiger partial charge in [0, 0.05) is 18.7 Å². The van der Waals surface area contributed by atoms with Gasteiger partial charge in [-0.25, -0.2) is 0 Å². The highest BCUT2D eigenvalue weighted by molar-refractivity contribution is 6.00. The van der Waals surface area contributed by atoms with Gasteiger partial charge in [-0.2, -0.15) is 0 Å². The Bertz CT molecular complexity index is 655. The van der Waals surface area contributed by atoms with Crippen LogP contribution in [0.3, 0.4) is 0 Å². The Kier molecular flexibility index (Phi) is 3.62. The molecule has 1 heterocycles. The summed E-state index contributed by atoms with van der Waals surface area (Å²) in [5.41, 5.74) is 8.42. The van der Waals surface area contributed by atoms with Crippen LogP contribution in [0.2, 0.25) is 0 Å². The molecule has 21 heavy (non-hydrogen) atoms. The molecule has 0 bridgehead atoms. The molecule has 1 aliphatic rings. The lowest BCUT2D eigenvalue weighted by molar-refractivity contribution is -0.126. The number of anilines is 1. The van der Waals surface area contributed by atoms with E-state index in [9.17, 15) is 4.79 Å². The third-order valence-electron chi connectivity index (χ3n) is 3.60. The first-order valence-corrected chi connectivity index (χ1v) is 7.04. The Morgan fingerprint density at radius 2 is 1.95 bits per heavy atom. The highest BCUT2D eigenvalue weighted by Crippen LogP contribution is 2.39. The summed E-state index contributed by atoms with van der Waals surface area (Å²) in [6.45, 7) is 2.90. The molecule has 0 aromatic heterocycles. The summed E-state index contributed by atoms with van der Waals surface area (Å²) in [4.78, 5) is 14.5. The summed E-state index contributed by atoms with van der Waals surface area (Å²) in [6, 6.07) is 15.4. The number of benzene rings is 2. The van der Waals surface area contributed by atoms with E-state index in [2.05, 4.69) is 0 Å². The number of nitrogens with two attached hydrogens (primary N) is 1. The van der Waals surface area contributed by atoms with Gasteiger partial charge in [-0.3, -0.25) is 4.79 Å². The molecule has 1 atom stereocenters. The van der Waals surface area contributed by atoms with Crippen molar-refractivity contribution in [2.75, 3.05) is 18.0 Å². The minimum absolute atomic E-state index is 0.0650. The van der Waals surface area contributed by atoms with Crippen LogP contribution in [0.1, 0.15) is 17.2 Å². The maximum atomic E-state index is 12.7. The molecule has 1 unspecified atom stereocenters. The molecule has 0 spiro atoms. The zero-order chi connectivity index (χ0) is 14.8. The van der Waals surface area contributed by atoms with Crippen LogP contribution in [-0.2, 0) is 4.79 Å². The summed E-state index contributed by atoms with van der Waals surface area (Å²) in [5.74, 6) is 0.659. The van der Waals surface area contributed by atoms with Gasteiger partial charge in [0.25, 0.3) is 5.91 Å². The van der Waals surface area contributed by atoms with Gasteiger partial charge in [0.05, 0.1) is 5.69 Å². The van der Waals surface area contributed by atoms with Gasteiger partial charge < -0.3 is 15.4 Å². The SMILES string of the molecule is Cc1ccc2c(c1)N(CCN)C(=O)C(c1ccccc1)O2. The second-order valence-corrected chi connectivity index (χ2v) is 5.16. The molecular weight excluding hydrogens is 264 g/mol. The smallest absolute Gasteiger partial charge is 0.272 e. The number of ether oxygens (including phenoxy) is 1. The van der Waals surface area contributed by atoms with Crippen molar-refractivity contribution >= 4 is 11.6 Å². The molecule has 108 valence electrons. The minimum atomic E-state index is -0.604. The molecule has 0 radical (unpaired) electrons. The average Bonchev–Trinajstić information content (AvgIpc) is 2.51. The van der Waals surface area contributed by atoms with Crippen molar-refractivity contribution in [2.24, 2.45) is 5.73 Å². The highest BCUT2D eigenvalue weighted by Gasteiger charge is 2.34. The van der Waals surface area contributed by atoms with E-state index >= 15 is 0 Å². The van der Waals surface area contributed by atoms with Crippen LogP contribution < -0.4 is 15.4 Å². The first kappa shape index (κ1) is 13.6. The number of hydrogen-bond acceptors (Lipinski definition) is 3. The molecule has 2 aromatic carbocycles. The van der Waals surface area contributed by atoms with Gasteiger partial charge in [-0.05, 0) is 24.6 Å². The Morgan fingerprint density at radius 3 is 2.67 bits per heavy atom. The van der Waals surface area contributed by atoms with Gasteiger partial charge in [-0.1, -0.05) is 36.4 Å². The van der Waals surface area contributed by atoms with E-state index in [4.69, 9.17) is 10.5 Å². The van der Waals surface area contributed by atoms with E-state index in [1.807, 2.05) is 55.5 Å². The molecule has 0 aliphatic carbocycles. The van der Waals surface area contributed by atoms with Crippen LogP contribution in [0.15, 0.2) is 48.5 Å². The summed E-state index contributed by atoms with van der Waals surface area (Å²) in [5, 5.41) is 0. The van der Waals surface area contributed by atoms with E-state index in [1.165, 1.54) is 0 Å². The summed E-state index contributed by atoms with van der Waals surface area (Å²) < 4.78 is 5.93. The third-order valence-corrected chi connectivity index (χ3v) is 3.60. The first-order valence-electron chi connectivity index (χ1n) is 7.04. The van der Waals surface area contributed by atoms with Gasteiger partial charge in [0.2, 0.25) is 6.10 Å². The number of aryl methyl sites for hydroxylation is 1. The number of nitrogens with zero attached hydrogens (tertiary/aromatic N) is 1. The molecule has 1 amide bonds. The second kappa shape index (κ2) is 5.58. The Hall–Kier alpha value is -2.33. The lowest BCUT2D eigenvalue weighted by Crippen LogP contribution is -2.43. The van der Waals surface area contributed by atoms with Crippen LogP contribution >= 0.6 is 0 Å². The summed E-state index contributed by atoms with van der Waals surface area (Å²) >= 11 is 0. The normalized spacial score (nSPS) is 17.3. The molecule has 4 nitrogen and oxygen atoms in total. The number of rotatable bonds is 3. The maximum absolute atomic E-state index is 12.7. The molecule has 0 saturated heterocycles. The lowest BCUT2D eigenvalue weighted by Gasteiger charge is -2.34. The fourth-order valence-corrected chi connectivity index (χ4v) is 2.57. The van der Waals surface area contributed by atoms with Crippen LogP contribution in [0.25, 0.3) is 0 Å². The largest absolute Gasteiger partial charge is 0.474 e. The maximum Gasteiger partial charge on any atom is 0.272 e. The zero-order valence-electron chi connectivity index (χ0n) is 12.0. The van der Waals surface area contributed by atoms with E-state index in [0.29, 0.717) is 13.1 Å². The fourth-order valence-electron chi connectivity index (χ4n) is 2.57. The number of hydrogen-bond donors (Lipinski definition) is 1. The quantitative estimate of drug-likeness (QED) is 0.940. The number of amides is 1. The zero-order valence-corrected chi connectivity index (χ0v) is 12.0. The van der Waals surface area contributed by atoms with Crippen LogP contribution in [0, 0.1) is 6.92 Å². The minimum Gasteiger partial charge on any atom is -0.474 e. The molecule has 0 saturated carbocycles. The van der Waals surface area contributed by atoms with Crippen molar-refractivity contribution in [3.63, 3.8) is 0 Å². The molecule has 1 aliphatic heterocycles. The van der Waals surface area contributed by atoms with Gasteiger partial charge in [0.15, 0.2) is 0 Å². The number of fused-ring (bicyclic) bond motifs is 1. The standard InChI is InChI=1S/C17H18N2O2/c1-12-7-8-15-14(11-12)19(10-9-18)17(20)16(21-15)13-5-3-2-4-6-13/h2-8,11,16H,9-10,18H2,1H3. The van der Waals surface area contributed by atoms with E-state index < -0.39 is 6.10 Å². The average molecular weight is 282 g/mol. The molecule has 0 fully saturated rings. The molecule has 2 aromatic rings. The molecule has 3 rings (SSSR count). The third kappa shape index (κ3) is 2.50. The predicted octanol–water partition coefficient (Wildman–Crippen LogP) is 2.42. The monoisotopic (exact) mass is 282 g/mol. The van der Waals surface area contributed by atoms with Crippen molar-refractivity contribution in [3.05, 3.63) is 59.7 Å². The molecule has 2 N–H and O–H groups in total. The second-order valence-electron chi connectivity index (χ2n) is 5.16. The van der Waals surface area contributed by atoms with E-state index in [-0.39, 0.29) is 5.91 Å². The van der Waals surface area contributed by atoms with Gasteiger partial charge >= 0.3 is 0 Å². The summed E-state index contributed by atoms with van der Waals surface area (Å²) in [6.07, 6.45) is -0.604. The molecule has 4 heteroatoms. The summed E-state index contributed by atoms with van der Waals surface area (Å²) in [7, 11) is 0. The highest BCUT2D eigenvalue weighted by atomic mass is 16.5. The first-order chi connectivity index (χ1) is 10.2. The molecular formula is C17H18N2O2. The Balaban J connectivity index is 2.04. The van der Waals surface area contributed by atoms with Gasteiger partial charge in [0.1, 0.15) is 5.75 Å². The predicted molar refractivity (Wildman–Crippen MR) is 82.4 cm³/mol. The van der Waals surface area contributed by atoms with Crippen LogP contribution in [0.5, 0.6) is 5.75 Å². The van der Waals surface area contributed by atoms with Crippen molar-refractivity contribution in [3.8, 4) is 5.75 Å². The van der Waals surface area contributed by atoms with Gasteiger partial charge in [-0.15, -0.1) is 0 Å². The number of carbonyl (C=O) groups excluding carboxylic acids is 1. The fraction of sp³-hybridized carbons (Fsp3) is 0.235. The van der Waals surface area contributed by atoms with E-state index in [0.717, 1.165) is 22.6 Å². The van der Waals surface area contributed by atoms with Crippen molar-refractivity contribution in [1.29, 1.82) is 0 Å². The van der Waals surface area contributed by atoms with Crippen LogP contribution in [-0.4, -0.2) is 19.0 Å². The van der Waals surface area contributed by atoms with Crippen molar-refractivity contribution < 1.29 is 9.53 Å². The Labute approximate surface area is 124 Å². The number of carbonyl (C=O) groups is 1. The van der Waals surface area contributed by atoms with Crippen molar-refractivity contribution in [2.45, 2.75) is 13.0 Å². The van der Waals surface area contributed by atoms with E-state index in [1.54, 1.807) is 4.90 Å².